The van der Waals surface area contributed by atoms with Gasteiger partial charge in [-0.25, -0.2) is 4.79 Å². The number of nitrogens with zero attached hydrogens (tertiary/aromatic N) is 1. The number of carbonyl (C=O) groups is 1. The van der Waals surface area contributed by atoms with Crippen LogP contribution in [-0.2, 0) is 0 Å². The van der Waals surface area contributed by atoms with Crippen molar-refractivity contribution in [3.05, 3.63) is 71.6 Å². The van der Waals surface area contributed by atoms with Crippen LogP contribution in [0.1, 0.15) is 40.0 Å². The van der Waals surface area contributed by atoms with E-state index < -0.39 is 5.97 Å². The Morgan fingerprint density at radius 1 is 1.27 bits per heavy atom. The lowest BCUT2D eigenvalue weighted by Crippen LogP contribution is -2.29. The van der Waals surface area contributed by atoms with Crippen molar-refractivity contribution >= 4 is 11.7 Å². The molecule has 0 spiro atoms. The summed E-state index contributed by atoms with van der Waals surface area (Å²) in [5.41, 5.74) is 3.46. The smallest absolute Gasteiger partial charge is 0.335 e. The zero-order valence-electron chi connectivity index (χ0n) is 11.9. The van der Waals surface area contributed by atoms with Gasteiger partial charge in [0.1, 0.15) is 0 Å². The third kappa shape index (κ3) is 1.99. The fourth-order valence-electron chi connectivity index (χ4n) is 3.58. The van der Waals surface area contributed by atoms with Crippen molar-refractivity contribution in [1.29, 1.82) is 0 Å². The summed E-state index contributed by atoms with van der Waals surface area (Å²) < 4.78 is 0. The summed E-state index contributed by atoms with van der Waals surface area (Å²) in [6, 6.07) is 11.5. The first-order chi connectivity index (χ1) is 10.7. The molecule has 1 aromatic heterocycles. The maximum atomic E-state index is 11.2. The summed E-state index contributed by atoms with van der Waals surface area (Å²) in [4.78, 5) is 15.7. The molecule has 22 heavy (non-hydrogen) atoms. The summed E-state index contributed by atoms with van der Waals surface area (Å²) >= 11 is 0. The Hall–Kier alpha value is -2.62. The van der Waals surface area contributed by atoms with Crippen molar-refractivity contribution in [2.24, 2.45) is 5.92 Å². The van der Waals surface area contributed by atoms with Gasteiger partial charge in [0.2, 0.25) is 0 Å². The third-order valence-corrected chi connectivity index (χ3v) is 4.62. The first kappa shape index (κ1) is 13.1. The minimum atomic E-state index is -0.881. The van der Waals surface area contributed by atoms with Crippen LogP contribution in [0.15, 0.2) is 54.7 Å². The topological polar surface area (TPSA) is 62.2 Å². The normalized spacial score (nSPS) is 25.2. The van der Waals surface area contributed by atoms with Crippen LogP contribution in [0.4, 0.5) is 5.69 Å². The van der Waals surface area contributed by atoms with Crippen molar-refractivity contribution in [1.82, 2.24) is 4.98 Å². The second kappa shape index (κ2) is 4.98. The molecule has 0 bridgehead atoms. The van der Waals surface area contributed by atoms with Crippen molar-refractivity contribution in [2.45, 2.75) is 18.4 Å². The number of anilines is 1. The molecule has 2 N–H and O–H groups in total. The molecule has 4 rings (SSSR count). The van der Waals surface area contributed by atoms with Crippen molar-refractivity contribution in [3.8, 4) is 0 Å². The number of hydrogen-bond donors (Lipinski definition) is 2. The largest absolute Gasteiger partial charge is 0.478 e. The summed E-state index contributed by atoms with van der Waals surface area (Å²) in [6.07, 6.45) is 7.19. The van der Waals surface area contributed by atoms with Crippen molar-refractivity contribution in [3.63, 3.8) is 0 Å². The highest BCUT2D eigenvalue weighted by atomic mass is 16.4. The van der Waals surface area contributed by atoms with E-state index in [4.69, 9.17) is 0 Å². The van der Waals surface area contributed by atoms with Crippen molar-refractivity contribution in [2.75, 3.05) is 5.32 Å². The lowest BCUT2D eigenvalue weighted by Gasteiger charge is -2.37. The molecule has 0 saturated heterocycles. The Morgan fingerprint density at radius 3 is 2.95 bits per heavy atom. The minimum absolute atomic E-state index is 0.157. The van der Waals surface area contributed by atoms with Gasteiger partial charge in [-0.1, -0.05) is 18.2 Å². The Bertz CT molecular complexity index is 755. The predicted molar refractivity (Wildman–Crippen MR) is 84.0 cm³/mol. The van der Waals surface area contributed by atoms with Gasteiger partial charge in [0.05, 0.1) is 17.3 Å². The molecule has 110 valence electrons. The number of benzene rings is 1. The maximum absolute atomic E-state index is 11.2. The zero-order chi connectivity index (χ0) is 15.1. The average molecular weight is 292 g/mol. The van der Waals surface area contributed by atoms with Crippen LogP contribution >= 0.6 is 0 Å². The minimum Gasteiger partial charge on any atom is -0.478 e. The molecule has 1 aliphatic carbocycles. The number of fused-ring (bicyclic) bond motifs is 3. The number of pyridine rings is 1. The number of allylic oxidation sites excluding steroid dienone is 2. The molecule has 0 saturated carbocycles. The number of rotatable bonds is 2. The lowest BCUT2D eigenvalue weighted by atomic mass is 9.78. The number of nitrogens with one attached hydrogen (secondary N) is 1. The molecule has 4 heteroatoms. The Balaban J connectivity index is 1.79. The summed E-state index contributed by atoms with van der Waals surface area (Å²) in [6.45, 7) is 0. The monoisotopic (exact) mass is 292 g/mol. The second-order valence-corrected chi connectivity index (χ2v) is 5.84. The van der Waals surface area contributed by atoms with Gasteiger partial charge in [-0.15, -0.1) is 0 Å². The van der Waals surface area contributed by atoms with Crippen LogP contribution in [0.2, 0.25) is 0 Å². The van der Waals surface area contributed by atoms with Gasteiger partial charge in [-0.3, -0.25) is 4.98 Å². The number of hydrogen-bond acceptors (Lipinski definition) is 3. The molecular weight excluding hydrogens is 276 g/mol. The Labute approximate surface area is 128 Å². The van der Waals surface area contributed by atoms with Gasteiger partial charge in [0, 0.05) is 17.8 Å². The summed E-state index contributed by atoms with van der Waals surface area (Å²) in [7, 11) is 0. The summed E-state index contributed by atoms with van der Waals surface area (Å²) in [5, 5.41) is 12.8. The van der Waals surface area contributed by atoms with Crippen LogP contribution < -0.4 is 5.32 Å². The van der Waals surface area contributed by atoms with Crippen LogP contribution in [0.5, 0.6) is 0 Å². The van der Waals surface area contributed by atoms with E-state index in [1.54, 1.807) is 12.1 Å². The molecule has 0 fully saturated rings. The fourth-order valence-corrected chi connectivity index (χ4v) is 3.58. The predicted octanol–water partition coefficient (Wildman–Crippen LogP) is 3.61. The zero-order valence-corrected chi connectivity index (χ0v) is 11.9. The second-order valence-electron chi connectivity index (χ2n) is 5.84. The molecule has 0 amide bonds. The van der Waals surface area contributed by atoms with Gasteiger partial charge in [-0.2, -0.15) is 0 Å². The molecule has 3 atom stereocenters. The third-order valence-electron chi connectivity index (χ3n) is 4.62. The van der Waals surface area contributed by atoms with E-state index >= 15 is 0 Å². The van der Waals surface area contributed by atoms with Gasteiger partial charge < -0.3 is 10.4 Å². The molecule has 2 aliphatic rings. The fraction of sp³-hybridized carbons (Fsp3) is 0.222. The van der Waals surface area contributed by atoms with Crippen molar-refractivity contribution < 1.29 is 9.90 Å². The lowest BCUT2D eigenvalue weighted by molar-refractivity contribution is 0.0696. The van der Waals surface area contributed by atoms with E-state index in [2.05, 4.69) is 22.5 Å². The van der Waals surface area contributed by atoms with E-state index in [-0.39, 0.29) is 12.0 Å². The number of carboxylic acid groups (broad SMARTS) is 1. The standard InChI is InChI=1S/C18H16N2O2/c21-18(22)11-7-8-15-14(10-11)12-4-3-5-13(12)17(20-15)16-6-1-2-9-19-16/h1-4,6-10,12-13,17,20H,5H2,(H,21,22)/t12?,13?,17-/m0/s1. The van der Waals surface area contributed by atoms with Gasteiger partial charge >= 0.3 is 5.97 Å². The SMILES string of the molecule is O=C(O)c1ccc2c(c1)C1C=CCC1[C@@H](c1ccccn1)N2. The number of carboxylic acids is 1. The molecule has 4 nitrogen and oxygen atoms in total. The number of aromatic carboxylic acids is 1. The molecule has 2 unspecified atom stereocenters. The molecule has 1 aliphatic heterocycles. The summed E-state index contributed by atoms with van der Waals surface area (Å²) in [5.74, 6) is -0.248. The molecule has 2 heterocycles. The van der Waals surface area contributed by atoms with Gasteiger partial charge in [-0.05, 0) is 48.2 Å². The molecule has 2 aromatic rings. The van der Waals surface area contributed by atoms with E-state index in [1.807, 2.05) is 30.5 Å². The maximum Gasteiger partial charge on any atom is 0.335 e. The Morgan fingerprint density at radius 2 is 2.18 bits per heavy atom. The van der Waals surface area contributed by atoms with E-state index in [0.717, 1.165) is 23.4 Å². The highest BCUT2D eigenvalue weighted by Crippen LogP contribution is 2.49. The van der Waals surface area contributed by atoms with E-state index in [9.17, 15) is 9.90 Å². The number of aromatic nitrogens is 1. The van der Waals surface area contributed by atoms with Gasteiger partial charge in [0.15, 0.2) is 0 Å². The quantitative estimate of drug-likeness (QED) is 0.830. The first-order valence-corrected chi connectivity index (χ1v) is 7.45. The van der Waals surface area contributed by atoms with Crippen LogP contribution in [-0.4, -0.2) is 16.1 Å². The highest BCUT2D eigenvalue weighted by molar-refractivity contribution is 5.89. The molecule has 1 aromatic carbocycles. The highest BCUT2D eigenvalue weighted by Gasteiger charge is 2.38. The van der Waals surface area contributed by atoms with Crippen LogP contribution in [0.25, 0.3) is 0 Å². The van der Waals surface area contributed by atoms with E-state index in [0.29, 0.717) is 11.5 Å². The average Bonchev–Trinajstić information content (AvgIpc) is 3.04. The van der Waals surface area contributed by atoms with E-state index in [1.165, 1.54) is 0 Å². The Kier molecular flexibility index (Phi) is 2.96. The van der Waals surface area contributed by atoms with Gasteiger partial charge in [0.25, 0.3) is 0 Å². The first-order valence-electron chi connectivity index (χ1n) is 7.45. The van der Waals surface area contributed by atoms with Crippen LogP contribution in [0, 0.1) is 5.92 Å². The molecular formula is C18H16N2O2. The molecule has 0 radical (unpaired) electrons. The van der Waals surface area contributed by atoms with Crippen LogP contribution in [0.3, 0.4) is 0 Å².